The quantitative estimate of drug-likeness (QED) is 0.423. The first kappa shape index (κ1) is 6.99. The van der Waals surface area contributed by atoms with E-state index in [1.54, 1.807) is 0 Å². The Morgan fingerprint density at radius 3 is 2.89 bits per heavy atom. The lowest BCUT2D eigenvalue weighted by Gasteiger charge is -2.36. The fourth-order valence-electron chi connectivity index (χ4n) is 1.12. The van der Waals surface area contributed by atoms with Gasteiger partial charge in [0, 0.05) is 0 Å². The van der Waals surface area contributed by atoms with Crippen LogP contribution in [-0.4, -0.2) is 30.9 Å². The molecule has 1 radical (unpaired) electrons. The third-order valence-electron chi connectivity index (χ3n) is 1.66. The van der Waals surface area contributed by atoms with E-state index >= 15 is 0 Å². The molecule has 9 heavy (non-hydrogen) atoms. The van der Waals surface area contributed by atoms with Gasteiger partial charge in [-0.15, -0.1) is 0 Å². The maximum atomic E-state index is 11.3. The molecular weight excluding hydrogens is 116 g/mol. The highest BCUT2D eigenvalue weighted by atomic mass is 16.5. The van der Waals surface area contributed by atoms with E-state index in [1.165, 1.54) is 0 Å². The van der Waals surface area contributed by atoms with Crippen LogP contribution < -0.4 is 5.32 Å². The van der Waals surface area contributed by atoms with E-state index in [9.17, 15) is 5.21 Å². The van der Waals surface area contributed by atoms with Gasteiger partial charge in [-0.3, -0.25) is 5.32 Å². The van der Waals surface area contributed by atoms with Gasteiger partial charge in [0.1, 0.15) is 6.67 Å². The zero-order chi connectivity index (χ0) is 6.74. The van der Waals surface area contributed by atoms with Crippen LogP contribution in [0.4, 0.5) is 0 Å². The molecule has 0 aromatic rings. The van der Waals surface area contributed by atoms with Crippen LogP contribution in [0, 0.1) is 12.1 Å². The first-order valence-electron chi connectivity index (χ1n) is 3.34. The third-order valence-corrected chi connectivity index (χ3v) is 1.66. The standard InChI is InChI=1S/C6H13N2O/c1-2-4-8(9)5-3-7-6-8/h7H,1-6H2. The molecule has 0 aromatic heterocycles. The smallest absolute Gasteiger partial charge is 0.132 e. The van der Waals surface area contributed by atoms with E-state index in [-0.39, 0.29) is 4.65 Å². The summed E-state index contributed by atoms with van der Waals surface area (Å²) in [6.45, 7) is 6.47. The Morgan fingerprint density at radius 1 is 1.67 bits per heavy atom. The lowest BCUT2D eigenvalue weighted by molar-refractivity contribution is -0.868. The Balaban J connectivity index is 2.32. The van der Waals surface area contributed by atoms with Crippen molar-refractivity contribution in [3.63, 3.8) is 0 Å². The van der Waals surface area contributed by atoms with E-state index < -0.39 is 0 Å². The van der Waals surface area contributed by atoms with Crippen LogP contribution in [0.25, 0.3) is 0 Å². The normalized spacial score (nSPS) is 35.3. The third kappa shape index (κ3) is 1.64. The lowest BCUT2D eigenvalue weighted by Crippen LogP contribution is -2.41. The highest BCUT2D eigenvalue weighted by Crippen LogP contribution is 2.06. The fraction of sp³-hybridized carbons (Fsp3) is 0.833. The van der Waals surface area contributed by atoms with Crippen molar-refractivity contribution in [3.8, 4) is 0 Å². The van der Waals surface area contributed by atoms with Gasteiger partial charge in [-0.25, -0.2) is 0 Å². The molecule has 0 bridgehead atoms. The van der Waals surface area contributed by atoms with Crippen molar-refractivity contribution in [2.75, 3.05) is 26.3 Å². The maximum Gasteiger partial charge on any atom is 0.132 e. The molecule has 1 atom stereocenters. The van der Waals surface area contributed by atoms with E-state index in [2.05, 4.69) is 12.2 Å². The highest BCUT2D eigenvalue weighted by molar-refractivity contribution is 4.54. The zero-order valence-corrected chi connectivity index (χ0v) is 5.60. The van der Waals surface area contributed by atoms with E-state index in [4.69, 9.17) is 0 Å². The molecule has 53 valence electrons. The van der Waals surface area contributed by atoms with Gasteiger partial charge in [0.25, 0.3) is 0 Å². The van der Waals surface area contributed by atoms with Gasteiger partial charge in [0.15, 0.2) is 0 Å². The molecule has 1 saturated heterocycles. The van der Waals surface area contributed by atoms with Gasteiger partial charge in [-0.1, -0.05) is 0 Å². The minimum Gasteiger partial charge on any atom is -0.632 e. The largest absolute Gasteiger partial charge is 0.632 e. The zero-order valence-electron chi connectivity index (χ0n) is 5.60. The van der Waals surface area contributed by atoms with Crippen LogP contribution in [0.5, 0.6) is 0 Å². The van der Waals surface area contributed by atoms with Crippen molar-refractivity contribution in [1.82, 2.24) is 5.32 Å². The van der Waals surface area contributed by atoms with Crippen LogP contribution in [-0.2, 0) is 0 Å². The van der Waals surface area contributed by atoms with Crippen LogP contribution in [0.1, 0.15) is 6.42 Å². The molecule has 1 rings (SSSR count). The van der Waals surface area contributed by atoms with Gasteiger partial charge in [-0.2, -0.15) is 0 Å². The minimum absolute atomic E-state index is 0.0799. The highest BCUT2D eigenvalue weighted by Gasteiger charge is 2.19. The number of nitrogens with one attached hydrogen (secondary N) is 1. The van der Waals surface area contributed by atoms with Gasteiger partial charge < -0.3 is 9.85 Å². The number of hydrogen-bond acceptors (Lipinski definition) is 2. The van der Waals surface area contributed by atoms with E-state index in [1.807, 2.05) is 0 Å². The SMILES string of the molecule is [CH2]CC[N+]1([O-])CCNC1. The molecule has 3 heteroatoms. The lowest BCUT2D eigenvalue weighted by atomic mass is 10.4. The summed E-state index contributed by atoms with van der Waals surface area (Å²) in [4.78, 5) is 0. The van der Waals surface area contributed by atoms with Crippen molar-refractivity contribution in [2.45, 2.75) is 6.42 Å². The molecular formula is C6H13N2O. The molecule has 1 unspecified atom stereocenters. The van der Waals surface area contributed by atoms with Crippen molar-refractivity contribution in [2.24, 2.45) is 0 Å². The molecule has 1 fully saturated rings. The Kier molecular flexibility index (Phi) is 2.05. The summed E-state index contributed by atoms with van der Waals surface area (Å²) in [6.07, 6.45) is 0.741. The van der Waals surface area contributed by atoms with Crippen molar-refractivity contribution < 1.29 is 4.65 Å². The average Bonchev–Trinajstić information content (AvgIpc) is 2.16. The summed E-state index contributed by atoms with van der Waals surface area (Å²) in [6, 6.07) is 0. The summed E-state index contributed by atoms with van der Waals surface area (Å²) in [5.74, 6) is 0. The Morgan fingerprint density at radius 2 is 2.44 bits per heavy atom. The summed E-state index contributed by atoms with van der Waals surface area (Å²) in [5, 5.41) is 14.4. The van der Waals surface area contributed by atoms with Gasteiger partial charge in [0.05, 0.1) is 19.6 Å². The molecule has 1 N–H and O–H groups in total. The van der Waals surface area contributed by atoms with Crippen molar-refractivity contribution in [1.29, 1.82) is 0 Å². The van der Waals surface area contributed by atoms with E-state index in [0.717, 1.165) is 19.5 Å². The Bertz CT molecular complexity index is 89.1. The van der Waals surface area contributed by atoms with Crippen LogP contribution >= 0.6 is 0 Å². The molecule has 1 heterocycles. The van der Waals surface area contributed by atoms with Gasteiger partial charge in [0.2, 0.25) is 0 Å². The summed E-state index contributed by atoms with van der Waals surface area (Å²) < 4.78 is -0.0799. The number of nitrogens with zero attached hydrogens (tertiary/aromatic N) is 1. The van der Waals surface area contributed by atoms with Crippen LogP contribution in [0.3, 0.4) is 0 Å². The molecule has 3 nitrogen and oxygen atoms in total. The molecule has 0 aromatic carbocycles. The number of quaternary nitrogens is 1. The summed E-state index contributed by atoms with van der Waals surface area (Å²) in [7, 11) is 0. The van der Waals surface area contributed by atoms with Crippen LogP contribution in [0.2, 0.25) is 0 Å². The monoisotopic (exact) mass is 129 g/mol. The number of hydrogen-bond donors (Lipinski definition) is 1. The van der Waals surface area contributed by atoms with Crippen molar-refractivity contribution >= 4 is 0 Å². The topological polar surface area (TPSA) is 35.1 Å². The molecule has 1 aliphatic heterocycles. The first-order valence-corrected chi connectivity index (χ1v) is 3.34. The maximum absolute atomic E-state index is 11.3. The Hall–Kier alpha value is -0.120. The molecule has 0 amide bonds. The van der Waals surface area contributed by atoms with Crippen LogP contribution in [0.15, 0.2) is 0 Å². The second-order valence-corrected chi connectivity index (χ2v) is 2.52. The predicted octanol–water partition coefficient (Wildman–Crippen LogP) is 0.0859. The summed E-state index contributed by atoms with van der Waals surface area (Å²) in [5.41, 5.74) is 0. The Labute approximate surface area is 55.8 Å². The molecule has 0 saturated carbocycles. The van der Waals surface area contributed by atoms with E-state index in [0.29, 0.717) is 13.2 Å². The fourth-order valence-corrected chi connectivity index (χ4v) is 1.12. The minimum atomic E-state index is -0.0799. The molecule has 0 spiro atoms. The molecule has 0 aliphatic carbocycles. The number of hydroxylamine groups is 3. The average molecular weight is 129 g/mol. The summed E-state index contributed by atoms with van der Waals surface area (Å²) >= 11 is 0. The number of rotatable bonds is 2. The predicted molar refractivity (Wildman–Crippen MR) is 36.2 cm³/mol. The second kappa shape index (κ2) is 2.64. The van der Waals surface area contributed by atoms with Crippen molar-refractivity contribution in [3.05, 3.63) is 12.1 Å². The second-order valence-electron chi connectivity index (χ2n) is 2.52. The van der Waals surface area contributed by atoms with Gasteiger partial charge >= 0.3 is 0 Å². The van der Waals surface area contributed by atoms with Gasteiger partial charge in [-0.05, 0) is 13.3 Å². The first-order chi connectivity index (χ1) is 4.27. The molecule has 1 aliphatic rings.